The van der Waals surface area contributed by atoms with Gasteiger partial charge in [-0.05, 0) is 45.7 Å². The van der Waals surface area contributed by atoms with Gasteiger partial charge in [0.05, 0.1) is 0 Å². The van der Waals surface area contributed by atoms with Crippen molar-refractivity contribution < 1.29 is 0 Å². The predicted octanol–water partition coefficient (Wildman–Crippen LogP) is 1.72. The van der Waals surface area contributed by atoms with E-state index in [1.165, 1.54) is 64.6 Å². The van der Waals surface area contributed by atoms with Crippen LogP contribution < -0.4 is 11.1 Å². The van der Waals surface area contributed by atoms with Crippen molar-refractivity contribution >= 4 is 0 Å². The third-order valence-corrected chi connectivity index (χ3v) is 4.57. The van der Waals surface area contributed by atoms with Crippen molar-refractivity contribution in [2.24, 2.45) is 5.73 Å². The van der Waals surface area contributed by atoms with E-state index < -0.39 is 0 Å². The van der Waals surface area contributed by atoms with E-state index in [4.69, 9.17) is 5.73 Å². The molecule has 0 aromatic carbocycles. The van der Waals surface area contributed by atoms with Crippen molar-refractivity contribution in [2.45, 2.75) is 63.5 Å². The molecule has 1 saturated carbocycles. The van der Waals surface area contributed by atoms with Gasteiger partial charge in [-0.3, -0.25) is 0 Å². The van der Waals surface area contributed by atoms with Crippen molar-refractivity contribution in [1.82, 2.24) is 10.2 Å². The molecule has 3 N–H and O–H groups in total. The standard InChI is InChI=1S/C14H29N3/c1-14(7-3-2-4-8-14)16-9-12-17-10-5-13(15)6-11-17/h13,16H,2-12,15H2,1H3. The van der Waals surface area contributed by atoms with Crippen LogP contribution in [0.15, 0.2) is 0 Å². The summed E-state index contributed by atoms with van der Waals surface area (Å²) in [6, 6.07) is 0.454. The first-order chi connectivity index (χ1) is 8.18. The molecule has 0 bridgehead atoms. The van der Waals surface area contributed by atoms with Gasteiger partial charge in [0, 0.05) is 24.7 Å². The molecular formula is C14H29N3. The first-order valence-electron chi connectivity index (χ1n) is 7.41. The first-order valence-corrected chi connectivity index (χ1v) is 7.41. The van der Waals surface area contributed by atoms with Crippen LogP contribution in [0.3, 0.4) is 0 Å². The molecule has 100 valence electrons. The lowest BCUT2D eigenvalue weighted by atomic mass is 9.83. The summed E-state index contributed by atoms with van der Waals surface area (Å²) in [6.45, 7) is 7.13. The molecule has 0 atom stereocenters. The van der Waals surface area contributed by atoms with E-state index in [9.17, 15) is 0 Å². The number of nitrogens with two attached hydrogens (primary N) is 1. The molecule has 0 spiro atoms. The predicted molar refractivity (Wildman–Crippen MR) is 73.1 cm³/mol. The molecule has 1 aliphatic carbocycles. The zero-order valence-corrected chi connectivity index (χ0v) is 11.4. The Labute approximate surface area is 106 Å². The van der Waals surface area contributed by atoms with Crippen LogP contribution in [-0.2, 0) is 0 Å². The first kappa shape index (κ1) is 13.3. The summed E-state index contributed by atoms with van der Waals surface area (Å²) in [7, 11) is 0. The van der Waals surface area contributed by atoms with E-state index in [1.807, 2.05) is 0 Å². The van der Waals surface area contributed by atoms with Gasteiger partial charge in [0.25, 0.3) is 0 Å². The summed E-state index contributed by atoms with van der Waals surface area (Å²) >= 11 is 0. The van der Waals surface area contributed by atoms with Crippen molar-refractivity contribution in [3.8, 4) is 0 Å². The van der Waals surface area contributed by atoms with Crippen LogP contribution in [0.1, 0.15) is 51.9 Å². The van der Waals surface area contributed by atoms with Crippen LogP contribution in [0.5, 0.6) is 0 Å². The highest BCUT2D eigenvalue weighted by atomic mass is 15.2. The highest BCUT2D eigenvalue weighted by molar-refractivity contribution is 4.86. The molecule has 1 saturated heterocycles. The molecule has 0 aromatic rings. The molecule has 3 heteroatoms. The van der Waals surface area contributed by atoms with Gasteiger partial charge in [0.2, 0.25) is 0 Å². The maximum Gasteiger partial charge on any atom is 0.0153 e. The van der Waals surface area contributed by atoms with Gasteiger partial charge in [-0.15, -0.1) is 0 Å². The van der Waals surface area contributed by atoms with E-state index in [-0.39, 0.29) is 0 Å². The Hall–Kier alpha value is -0.120. The smallest absolute Gasteiger partial charge is 0.0153 e. The number of piperidine rings is 1. The van der Waals surface area contributed by atoms with Crippen LogP contribution in [-0.4, -0.2) is 42.7 Å². The second-order valence-electron chi connectivity index (χ2n) is 6.23. The molecule has 1 aliphatic heterocycles. The van der Waals surface area contributed by atoms with E-state index in [0.717, 1.165) is 6.54 Å². The lowest BCUT2D eigenvalue weighted by Crippen LogP contribution is -2.48. The minimum Gasteiger partial charge on any atom is -0.328 e. The zero-order valence-electron chi connectivity index (χ0n) is 11.4. The van der Waals surface area contributed by atoms with Gasteiger partial charge in [0.15, 0.2) is 0 Å². The van der Waals surface area contributed by atoms with Crippen LogP contribution in [0.4, 0.5) is 0 Å². The van der Waals surface area contributed by atoms with Crippen molar-refractivity contribution in [1.29, 1.82) is 0 Å². The summed E-state index contributed by atoms with van der Waals surface area (Å²) in [5.41, 5.74) is 6.34. The topological polar surface area (TPSA) is 41.3 Å². The Morgan fingerprint density at radius 1 is 1.18 bits per heavy atom. The Morgan fingerprint density at radius 2 is 1.82 bits per heavy atom. The van der Waals surface area contributed by atoms with E-state index in [1.54, 1.807) is 0 Å². The third-order valence-electron chi connectivity index (χ3n) is 4.57. The van der Waals surface area contributed by atoms with Crippen molar-refractivity contribution in [3.05, 3.63) is 0 Å². The maximum atomic E-state index is 5.92. The minimum atomic E-state index is 0.421. The number of rotatable bonds is 4. The summed E-state index contributed by atoms with van der Waals surface area (Å²) in [6.07, 6.45) is 9.32. The molecule has 0 unspecified atom stereocenters. The Kier molecular flexibility index (Phi) is 4.83. The van der Waals surface area contributed by atoms with Gasteiger partial charge >= 0.3 is 0 Å². The van der Waals surface area contributed by atoms with Crippen molar-refractivity contribution in [2.75, 3.05) is 26.2 Å². The molecule has 17 heavy (non-hydrogen) atoms. The molecule has 0 amide bonds. The van der Waals surface area contributed by atoms with E-state index >= 15 is 0 Å². The Bertz CT molecular complexity index is 216. The average molecular weight is 239 g/mol. The average Bonchev–Trinajstić information content (AvgIpc) is 2.32. The van der Waals surface area contributed by atoms with Crippen LogP contribution in [0.2, 0.25) is 0 Å². The third kappa shape index (κ3) is 4.23. The van der Waals surface area contributed by atoms with Crippen molar-refractivity contribution in [3.63, 3.8) is 0 Å². The zero-order chi connectivity index (χ0) is 12.1. The van der Waals surface area contributed by atoms with Crippen LogP contribution in [0, 0.1) is 0 Å². The maximum absolute atomic E-state index is 5.92. The van der Waals surface area contributed by atoms with Gasteiger partial charge in [0.1, 0.15) is 0 Å². The Balaban J connectivity index is 1.62. The largest absolute Gasteiger partial charge is 0.328 e. The normalized spacial score (nSPS) is 27.2. The number of nitrogens with zero attached hydrogens (tertiary/aromatic N) is 1. The van der Waals surface area contributed by atoms with Gasteiger partial charge in [-0.1, -0.05) is 19.3 Å². The number of hydrogen-bond acceptors (Lipinski definition) is 3. The fourth-order valence-electron chi connectivity index (χ4n) is 3.20. The van der Waals surface area contributed by atoms with Crippen LogP contribution >= 0.6 is 0 Å². The fourth-order valence-corrected chi connectivity index (χ4v) is 3.20. The second kappa shape index (κ2) is 6.17. The molecule has 2 fully saturated rings. The highest BCUT2D eigenvalue weighted by Gasteiger charge is 2.26. The lowest BCUT2D eigenvalue weighted by Gasteiger charge is -2.36. The van der Waals surface area contributed by atoms with Gasteiger partial charge < -0.3 is 16.0 Å². The molecule has 0 radical (unpaired) electrons. The van der Waals surface area contributed by atoms with Gasteiger partial charge in [-0.25, -0.2) is 0 Å². The lowest BCUT2D eigenvalue weighted by molar-refractivity contribution is 0.192. The fraction of sp³-hybridized carbons (Fsp3) is 1.00. The molecule has 1 heterocycles. The number of likely N-dealkylation sites (tertiary alicyclic amines) is 1. The summed E-state index contributed by atoms with van der Waals surface area (Å²) in [5.74, 6) is 0. The second-order valence-corrected chi connectivity index (χ2v) is 6.23. The number of nitrogens with one attached hydrogen (secondary N) is 1. The highest BCUT2D eigenvalue weighted by Crippen LogP contribution is 2.27. The minimum absolute atomic E-state index is 0.421. The molecule has 2 rings (SSSR count). The molecule has 2 aliphatic rings. The quantitative estimate of drug-likeness (QED) is 0.785. The summed E-state index contributed by atoms with van der Waals surface area (Å²) in [4.78, 5) is 2.56. The van der Waals surface area contributed by atoms with E-state index in [2.05, 4.69) is 17.1 Å². The molecule has 3 nitrogen and oxygen atoms in total. The Morgan fingerprint density at radius 3 is 2.47 bits per heavy atom. The molecular weight excluding hydrogens is 210 g/mol. The SMILES string of the molecule is CC1(NCCN2CCC(N)CC2)CCCCC1. The number of hydrogen-bond donors (Lipinski definition) is 2. The monoisotopic (exact) mass is 239 g/mol. The van der Waals surface area contributed by atoms with E-state index in [0.29, 0.717) is 11.6 Å². The van der Waals surface area contributed by atoms with Crippen LogP contribution in [0.25, 0.3) is 0 Å². The van der Waals surface area contributed by atoms with Gasteiger partial charge in [-0.2, -0.15) is 0 Å². The summed E-state index contributed by atoms with van der Waals surface area (Å²) < 4.78 is 0. The summed E-state index contributed by atoms with van der Waals surface area (Å²) in [5, 5.41) is 3.78. The molecule has 0 aromatic heterocycles.